The van der Waals surface area contributed by atoms with E-state index >= 15 is 0 Å². The van der Waals surface area contributed by atoms with E-state index < -0.39 is 40.6 Å². The van der Waals surface area contributed by atoms with Crippen LogP contribution in [0.2, 0.25) is 0 Å². The number of carboxylic acids is 2. The van der Waals surface area contributed by atoms with Crippen LogP contribution in [-0.2, 0) is 18.0 Å². The lowest BCUT2D eigenvalue weighted by molar-refractivity contribution is 0.0519. The number of esters is 1. The summed E-state index contributed by atoms with van der Waals surface area (Å²) in [5, 5.41) is 21.7. The lowest BCUT2D eigenvalue weighted by Crippen LogP contribution is -2.20. The molecule has 0 saturated heterocycles. The number of para-hydroxylation sites is 1. The molecule has 0 aliphatic rings. The molecule has 0 saturated carbocycles. The molecule has 42 heavy (non-hydrogen) atoms. The van der Waals surface area contributed by atoms with E-state index in [1.54, 1.807) is 6.92 Å². The maximum absolute atomic E-state index is 13.7. The summed E-state index contributed by atoms with van der Waals surface area (Å²) in [5.41, 5.74) is 0.206. The van der Waals surface area contributed by atoms with Gasteiger partial charge in [0, 0.05) is 0 Å². The fraction of sp³-hybridized carbons (Fsp3) is 0.125. The smallest absolute Gasteiger partial charge is 0.342 e. The highest BCUT2D eigenvalue weighted by atomic mass is 16.5. The van der Waals surface area contributed by atoms with Gasteiger partial charge in [0.1, 0.15) is 30.3 Å². The van der Waals surface area contributed by atoms with Gasteiger partial charge in [-0.25, -0.2) is 14.4 Å². The van der Waals surface area contributed by atoms with Gasteiger partial charge in [-0.05, 0) is 42.3 Å². The Morgan fingerprint density at radius 3 is 1.60 bits per heavy atom. The fourth-order valence-corrected chi connectivity index (χ4v) is 4.04. The minimum Gasteiger partial charge on any atom is -0.488 e. The van der Waals surface area contributed by atoms with Crippen molar-refractivity contribution in [2.75, 3.05) is 11.9 Å². The van der Waals surface area contributed by atoms with Gasteiger partial charge in [-0.1, -0.05) is 66.7 Å². The van der Waals surface area contributed by atoms with Crippen molar-refractivity contribution in [3.8, 4) is 11.5 Å². The molecule has 10 heteroatoms. The molecular formula is C32H27NO9. The highest BCUT2D eigenvalue weighted by molar-refractivity contribution is 6.13. The second-order valence-corrected chi connectivity index (χ2v) is 8.91. The van der Waals surface area contributed by atoms with Crippen molar-refractivity contribution in [3.05, 3.63) is 124 Å². The SMILES string of the molecule is CCOC(=O)c1cc(OCc2ccccc2)c(C(=O)Nc2c(C(=O)O)cccc2C(=O)O)cc1OCc1ccccc1. The number of rotatable bonds is 12. The van der Waals surface area contributed by atoms with Gasteiger partial charge in [-0.3, -0.25) is 4.79 Å². The normalized spacial score (nSPS) is 10.4. The quantitative estimate of drug-likeness (QED) is 0.184. The van der Waals surface area contributed by atoms with Gasteiger partial charge in [0.05, 0.1) is 29.0 Å². The molecule has 0 spiro atoms. The number of carbonyl (C=O) groups excluding carboxylic acids is 2. The predicted octanol–water partition coefficient (Wildman–Crippen LogP) is 5.67. The molecule has 0 bridgehead atoms. The van der Waals surface area contributed by atoms with E-state index in [-0.39, 0.29) is 42.4 Å². The van der Waals surface area contributed by atoms with Crippen LogP contribution in [0.4, 0.5) is 5.69 Å². The van der Waals surface area contributed by atoms with E-state index in [9.17, 15) is 29.4 Å². The van der Waals surface area contributed by atoms with Gasteiger partial charge >= 0.3 is 17.9 Å². The molecule has 4 aromatic rings. The maximum Gasteiger partial charge on any atom is 0.342 e. The van der Waals surface area contributed by atoms with E-state index in [4.69, 9.17) is 14.2 Å². The number of hydrogen-bond acceptors (Lipinski definition) is 7. The summed E-state index contributed by atoms with van der Waals surface area (Å²) < 4.78 is 17.1. The van der Waals surface area contributed by atoms with Crippen LogP contribution in [0.3, 0.4) is 0 Å². The molecule has 214 valence electrons. The van der Waals surface area contributed by atoms with Crippen LogP contribution >= 0.6 is 0 Å². The van der Waals surface area contributed by atoms with Crippen LogP contribution in [0.25, 0.3) is 0 Å². The average molecular weight is 570 g/mol. The highest BCUT2D eigenvalue weighted by Gasteiger charge is 2.26. The number of aromatic carboxylic acids is 2. The van der Waals surface area contributed by atoms with Gasteiger partial charge in [-0.15, -0.1) is 0 Å². The summed E-state index contributed by atoms with van der Waals surface area (Å²) in [4.78, 5) is 50.3. The monoisotopic (exact) mass is 569 g/mol. The standard InChI is InChI=1S/C32H27NO9/c1-2-40-32(39)25-17-26(41-18-20-10-5-3-6-11-20)24(16-27(25)42-19-21-12-7-4-8-13-21)29(34)33-28-22(30(35)36)14-9-15-23(28)31(37)38/h3-17H,2,18-19H2,1H3,(H,33,34)(H,35,36)(H,37,38). The third kappa shape index (κ3) is 7.11. The zero-order valence-electron chi connectivity index (χ0n) is 22.5. The molecule has 0 unspecified atom stereocenters. The Balaban J connectivity index is 1.80. The van der Waals surface area contributed by atoms with Crippen molar-refractivity contribution in [1.82, 2.24) is 0 Å². The van der Waals surface area contributed by atoms with E-state index in [0.717, 1.165) is 11.1 Å². The number of anilines is 1. The molecule has 0 aliphatic heterocycles. The molecule has 4 aromatic carbocycles. The first-order valence-electron chi connectivity index (χ1n) is 12.9. The lowest BCUT2D eigenvalue weighted by Gasteiger charge is -2.18. The summed E-state index contributed by atoms with van der Waals surface area (Å²) >= 11 is 0. The topological polar surface area (TPSA) is 148 Å². The number of hydrogen-bond donors (Lipinski definition) is 3. The van der Waals surface area contributed by atoms with E-state index in [2.05, 4.69) is 5.32 Å². The molecule has 0 atom stereocenters. The molecule has 0 aliphatic carbocycles. The highest BCUT2D eigenvalue weighted by Crippen LogP contribution is 2.33. The van der Waals surface area contributed by atoms with Crippen LogP contribution in [0.5, 0.6) is 11.5 Å². The summed E-state index contributed by atoms with van der Waals surface area (Å²) in [7, 11) is 0. The number of amides is 1. The zero-order chi connectivity index (χ0) is 30.1. The summed E-state index contributed by atoms with van der Waals surface area (Å²) in [6.07, 6.45) is 0. The largest absolute Gasteiger partial charge is 0.488 e. The number of carbonyl (C=O) groups is 4. The Kier molecular flexibility index (Phi) is 9.52. The average Bonchev–Trinajstić information content (AvgIpc) is 2.99. The van der Waals surface area contributed by atoms with Crippen molar-refractivity contribution in [1.29, 1.82) is 0 Å². The Labute approximate surface area is 241 Å². The minimum atomic E-state index is -1.43. The van der Waals surface area contributed by atoms with Crippen molar-refractivity contribution in [2.45, 2.75) is 20.1 Å². The summed E-state index contributed by atoms with van der Waals surface area (Å²) in [6, 6.07) is 24.4. The van der Waals surface area contributed by atoms with Crippen molar-refractivity contribution in [2.24, 2.45) is 0 Å². The minimum absolute atomic E-state index is 0.00422. The predicted molar refractivity (Wildman–Crippen MR) is 152 cm³/mol. The van der Waals surface area contributed by atoms with Crippen LogP contribution in [-0.4, -0.2) is 40.6 Å². The van der Waals surface area contributed by atoms with Crippen LogP contribution in [0, 0.1) is 0 Å². The van der Waals surface area contributed by atoms with Crippen LogP contribution in [0.15, 0.2) is 91.0 Å². The van der Waals surface area contributed by atoms with Gasteiger partial charge < -0.3 is 29.7 Å². The summed E-state index contributed by atoms with van der Waals surface area (Å²) in [5.74, 6) is -4.47. The molecule has 0 aromatic heterocycles. The summed E-state index contributed by atoms with van der Waals surface area (Å²) in [6.45, 7) is 1.82. The number of carboxylic acid groups (broad SMARTS) is 2. The number of ether oxygens (including phenoxy) is 3. The Morgan fingerprint density at radius 2 is 1.12 bits per heavy atom. The molecule has 0 heterocycles. The Hall–Kier alpha value is -5.64. The first-order chi connectivity index (χ1) is 20.3. The van der Waals surface area contributed by atoms with Gasteiger partial charge in [0.25, 0.3) is 5.91 Å². The second-order valence-electron chi connectivity index (χ2n) is 8.91. The fourth-order valence-electron chi connectivity index (χ4n) is 4.04. The lowest BCUT2D eigenvalue weighted by atomic mass is 10.0. The Bertz CT molecular complexity index is 1570. The molecule has 1 amide bonds. The van der Waals surface area contributed by atoms with Gasteiger partial charge in [0.15, 0.2) is 0 Å². The van der Waals surface area contributed by atoms with E-state index in [0.29, 0.717) is 0 Å². The van der Waals surface area contributed by atoms with E-state index in [1.165, 1.54) is 30.3 Å². The molecule has 4 rings (SSSR count). The molecule has 0 radical (unpaired) electrons. The van der Waals surface area contributed by atoms with Gasteiger partial charge in [-0.2, -0.15) is 0 Å². The molecule has 3 N–H and O–H groups in total. The van der Waals surface area contributed by atoms with Gasteiger partial charge in [0.2, 0.25) is 0 Å². The number of benzene rings is 4. The van der Waals surface area contributed by atoms with Crippen molar-refractivity contribution < 1.29 is 43.6 Å². The molecule has 10 nitrogen and oxygen atoms in total. The zero-order valence-corrected chi connectivity index (χ0v) is 22.5. The third-order valence-corrected chi connectivity index (χ3v) is 6.06. The van der Waals surface area contributed by atoms with Crippen LogP contribution in [0.1, 0.15) is 59.5 Å². The first kappa shape index (κ1) is 29.3. The molecular weight excluding hydrogens is 542 g/mol. The van der Waals surface area contributed by atoms with Crippen molar-refractivity contribution in [3.63, 3.8) is 0 Å². The first-order valence-corrected chi connectivity index (χ1v) is 12.9. The van der Waals surface area contributed by atoms with Crippen LogP contribution < -0.4 is 14.8 Å². The van der Waals surface area contributed by atoms with E-state index in [1.807, 2.05) is 60.7 Å². The maximum atomic E-state index is 13.7. The second kappa shape index (κ2) is 13.6. The van der Waals surface area contributed by atoms with Crippen molar-refractivity contribution >= 4 is 29.5 Å². The number of nitrogens with one attached hydrogen (secondary N) is 1. The Morgan fingerprint density at radius 1 is 0.643 bits per heavy atom. The third-order valence-electron chi connectivity index (χ3n) is 6.06. The molecule has 0 fully saturated rings.